The van der Waals surface area contributed by atoms with Gasteiger partial charge in [-0.2, -0.15) is 0 Å². The van der Waals surface area contributed by atoms with Gasteiger partial charge >= 0.3 is 0 Å². The van der Waals surface area contributed by atoms with Gasteiger partial charge in [0.1, 0.15) is 5.82 Å². The highest BCUT2D eigenvalue weighted by atomic mass is 19.1. The van der Waals surface area contributed by atoms with Crippen molar-refractivity contribution in [2.45, 2.75) is 19.4 Å². The molecule has 0 N–H and O–H groups in total. The minimum absolute atomic E-state index is 0.157. The molecule has 0 spiro atoms. The predicted octanol–water partition coefficient (Wildman–Crippen LogP) is 2.59. The lowest BCUT2D eigenvalue weighted by atomic mass is 10.1. The van der Waals surface area contributed by atoms with Crippen LogP contribution in [0.1, 0.15) is 12.0 Å². The Labute approximate surface area is 158 Å². The first-order valence-electron chi connectivity index (χ1n) is 9.22. The Morgan fingerprint density at radius 2 is 1.52 bits per heavy atom. The average molecular weight is 367 g/mol. The number of aryl methyl sites for hydroxylation is 1. The SMILES string of the molecule is Cc1ccccc1N1C(=O)C[C@@H](N2CCN(c3ccccc3F)CC2)C1=O. The second-order valence-corrected chi connectivity index (χ2v) is 7.05. The van der Waals surface area contributed by atoms with Gasteiger partial charge in [0.05, 0.1) is 23.8 Å². The summed E-state index contributed by atoms with van der Waals surface area (Å²) >= 11 is 0. The van der Waals surface area contributed by atoms with Crippen LogP contribution in [0.15, 0.2) is 48.5 Å². The molecule has 0 radical (unpaired) electrons. The highest BCUT2D eigenvalue weighted by Crippen LogP contribution is 2.29. The molecule has 0 aromatic heterocycles. The van der Waals surface area contributed by atoms with Crippen molar-refractivity contribution in [2.24, 2.45) is 0 Å². The highest BCUT2D eigenvalue weighted by molar-refractivity contribution is 6.22. The Morgan fingerprint density at radius 3 is 2.19 bits per heavy atom. The van der Waals surface area contributed by atoms with Gasteiger partial charge in [0.25, 0.3) is 5.91 Å². The van der Waals surface area contributed by atoms with Crippen LogP contribution in [0.5, 0.6) is 0 Å². The third-order valence-corrected chi connectivity index (χ3v) is 5.43. The van der Waals surface area contributed by atoms with E-state index in [0.717, 1.165) is 5.56 Å². The second kappa shape index (κ2) is 7.12. The Bertz CT molecular complexity index is 877. The first-order chi connectivity index (χ1) is 13.1. The molecule has 2 aliphatic rings. The van der Waals surface area contributed by atoms with E-state index < -0.39 is 6.04 Å². The molecule has 4 rings (SSSR count). The lowest BCUT2D eigenvalue weighted by Crippen LogP contribution is -2.52. The fraction of sp³-hybridized carbons (Fsp3) is 0.333. The Balaban J connectivity index is 1.46. The number of amides is 2. The standard InChI is InChI=1S/C21H22FN3O2/c1-15-6-2-4-8-17(15)25-20(26)14-19(21(25)27)24-12-10-23(11-13-24)18-9-5-3-7-16(18)22/h2-9,19H,10-14H2,1H3/t19-/m1/s1. The summed E-state index contributed by atoms with van der Waals surface area (Å²) in [5, 5.41) is 0. The van der Waals surface area contributed by atoms with Crippen molar-refractivity contribution in [1.29, 1.82) is 0 Å². The van der Waals surface area contributed by atoms with E-state index in [1.54, 1.807) is 12.1 Å². The van der Waals surface area contributed by atoms with Gasteiger partial charge in [-0.3, -0.25) is 14.5 Å². The molecule has 140 valence electrons. The fourth-order valence-corrected chi connectivity index (χ4v) is 3.95. The van der Waals surface area contributed by atoms with Crippen LogP contribution in [-0.4, -0.2) is 48.9 Å². The van der Waals surface area contributed by atoms with E-state index in [9.17, 15) is 14.0 Å². The summed E-state index contributed by atoms with van der Waals surface area (Å²) in [6, 6.07) is 13.7. The molecule has 2 heterocycles. The molecule has 2 aromatic carbocycles. The number of piperazine rings is 1. The number of para-hydroxylation sites is 2. The summed E-state index contributed by atoms with van der Waals surface area (Å²) in [6.45, 7) is 4.40. The van der Waals surface area contributed by atoms with E-state index in [-0.39, 0.29) is 24.1 Å². The van der Waals surface area contributed by atoms with Crippen molar-refractivity contribution in [1.82, 2.24) is 4.90 Å². The van der Waals surface area contributed by atoms with Crippen LogP contribution in [0.2, 0.25) is 0 Å². The summed E-state index contributed by atoms with van der Waals surface area (Å²) in [4.78, 5) is 30.9. The monoisotopic (exact) mass is 367 g/mol. The third kappa shape index (κ3) is 3.21. The number of nitrogens with zero attached hydrogens (tertiary/aromatic N) is 3. The zero-order valence-electron chi connectivity index (χ0n) is 15.3. The molecular formula is C21H22FN3O2. The van der Waals surface area contributed by atoms with Gasteiger partial charge in [0.2, 0.25) is 5.91 Å². The van der Waals surface area contributed by atoms with Crippen molar-refractivity contribution in [2.75, 3.05) is 36.0 Å². The average Bonchev–Trinajstić information content (AvgIpc) is 2.97. The Morgan fingerprint density at radius 1 is 0.889 bits per heavy atom. The molecule has 2 aliphatic heterocycles. The first kappa shape index (κ1) is 17.7. The molecule has 1 atom stereocenters. The number of anilines is 2. The maximum Gasteiger partial charge on any atom is 0.251 e. The van der Waals surface area contributed by atoms with Gasteiger partial charge in [-0.25, -0.2) is 9.29 Å². The van der Waals surface area contributed by atoms with Crippen molar-refractivity contribution < 1.29 is 14.0 Å². The quantitative estimate of drug-likeness (QED) is 0.783. The van der Waals surface area contributed by atoms with Crippen molar-refractivity contribution in [3.63, 3.8) is 0 Å². The molecule has 0 bridgehead atoms. The number of benzene rings is 2. The van der Waals surface area contributed by atoms with Gasteiger partial charge < -0.3 is 4.90 Å². The smallest absolute Gasteiger partial charge is 0.251 e. The Hall–Kier alpha value is -2.73. The number of hydrogen-bond donors (Lipinski definition) is 0. The number of halogens is 1. The van der Waals surface area contributed by atoms with Gasteiger partial charge in [0.15, 0.2) is 0 Å². The summed E-state index contributed by atoms with van der Waals surface area (Å²) in [6.07, 6.45) is 0.201. The molecular weight excluding hydrogens is 345 g/mol. The molecule has 0 unspecified atom stereocenters. The predicted molar refractivity (Wildman–Crippen MR) is 102 cm³/mol. The van der Waals surface area contributed by atoms with E-state index in [0.29, 0.717) is 37.6 Å². The maximum atomic E-state index is 14.0. The summed E-state index contributed by atoms with van der Waals surface area (Å²) < 4.78 is 14.0. The summed E-state index contributed by atoms with van der Waals surface area (Å²) in [5.41, 5.74) is 2.16. The largest absolute Gasteiger partial charge is 0.367 e. The van der Waals surface area contributed by atoms with E-state index >= 15 is 0 Å². The van der Waals surface area contributed by atoms with Crippen molar-refractivity contribution >= 4 is 23.2 Å². The minimum Gasteiger partial charge on any atom is -0.367 e. The van der Waals surface area contributed by atoms with Gasteiger partial charge in [-0.15, -0.1) is 0 Å². The number of hydrogen-bond acceptors (Lipinski definition) is 4. The van der Waals surface area contributed by atoms with E-state index in [2.05, 4.69) is 4.90 Å². The van der Waals surface area contributed by atoms with Crippen LogP contribution in [0.4, 0.5) is 15.8 Å². The van der Waals surface area contributed by atoms with Crippen LogP contribution in [0.3, 0.4) is 0 Å². The van der Waals surface area contributed by atoms with Gasteiger partial charge in [-0.05, 0) is 30.7 Å². The zero-order chi connectivity index (χ0) is 19.0. The molecule has 5 nitrogen and oxygen atoms in total. The van der Waals surface area contributed by atoms with Crippen LogP contribution in [0, 0.1) is 12.7 Å². The van der Waals surface area contributed by atoms with Crippen LogP contribution < -0.4 is 9.80 Å². The van der Waals surface area contributed by atoms with Crippen molar-refractivity contribution in [3.05, 3.63) is 59.9 Å². The first-order valence-corrected chi connectivity index (χ1v) is 9.22. The lowest BCUT2D eigenvalue weighted by Gasteiger charge is -2.38. The third-order valence-electron chi connectivity index (χ3n) is 5.43. The maximum absolute atomic E-state index is 14.0. The molecule has 2 saturated heterocycles. The normalized spacial score (nSPS) is 21.2. The number of imide groups is 1. The molecule has 0 saturated carbocycles. The van der Waals surface area contributed by atoms with Gasteiger partial charge in [0, 0.05) is 26.2 Å². The van der Waals surface area contributed by atoms with E-state index in [1.165, 1.54) is 11.0 Å². The zero-order valence-corrected chi connectivity index (χ0v) is 15.3. The minimum atomic E-state index is -0.431. The summed E-state index contributed by atoms with van der Waals surface area (Å²) in [5.74, 6) is -0.548. The molecule has 2 fully saturated rings. The molecule has 6 heteroatoms. The fourth-order valence-electron chi connectivity index (χ4n) is 3.95. The molecule has 2 aromatic rings. The van der Waals surface area contributed by atoms with Crippen LogP contribution in [-0.2, 0) is 9.59 Å². The second-order valence-electron chi connectivity index (χ2n) is 7.05. The summed E-state index contributed by atoms with van der Waals surface area (Å²) in [7, 11) is 0. The van der Waals surface area contributed by atoms with Crippen LogP contribution in [0.25, 0.3) is 0 Å². The molecule has 0 aliphatic carbocycles. The van der Waals surface area contributed by atoms with Crippen molar-refractivity contribution in [3.8, 4) is 0 Å². The lowest BCUT2D eigenvalue weighted by molar-refractivity contribution is -0.123. The Kier molecular flexibility index (Phi) is 4.66. The highest BCUT2D eigenvalue weighted by Gasteiger charge is 2.43. The molecule has 27 heavy (non-hydrogen) atoms. The van der Waals surface area contributed by atoms with E-state index in [4.69, 9.17) is 0 Å². The topological polar surface area (TPSA) is 43.9 Å². The van der Waals surface area contributed by atoms with Gasteiger partial charge in [-0.1, -0.05) is 30.3 Å². The van der Waals surface area contributed by atoms with E-state index in [1.807, 2.05) is 42.2 Å². The number of rotatable bonds is 3. The number of carbonyl (C=O) groups is 2. The van der Waals surface area contributed by atoms with Crippen LogP contribution >= 0.6 is 0 Å². The number of carbonyl (C=O) groups excluding carboxylic acids is 2. The molecule has 2 amide bonds.